The van der Waals surface area contributed by atoms with Crippen molar-refractivity contribution in [1.82, 2.24) is 5.32 Å². The Morgan fingerprint density at radius 3 is 2.33 bits per heavy atom. The normalized spacial score (nSPS) is 12.8. The Bertz CT molecular complexity index is 383. The van der Waals surface area contributed by atoms with Gasteiger partial charge in [-0.3, -0.25) is 9.59 Å². The van der Waals surface area contributed by atoms with Crippen molar-refractivity contribution < 1.29 is 24.6 Å². The monoisotopic (exact) mass is 256 g/mol. The number of rotatable bonds is 7. The minimum atomic E-state index is -1.20. The van der Waals surface area contributed by atoms with E-state index < -0.39 is 29.9 Å². The van der Waals surface area contributed by atoms with Gasteiger partial charge in [-0.25, -0.2) is 4.79 Å². The molecule has 0 fully saturated rings. The number of amides is 1. The zero-order valence-electron chi connectivity index (χ0n) is 9.97. The van der Waals surface area contributed by atoms with Gasteiger partial charge in [-0.2, -0.15) is 0 Å². The maximum Gasteiger partial charge on any atom is 0.327 e. The zero-order valence-corrected chi connectivity index (χ0v) is 9.97. The molecule has 0 aliphatic carbocycles. The van der Waals surface area contributed by atoms with Crippen LogP contribution >= 0.6 is 0 Å². The van der Waals surface area contributed by atoms with E-state index in [2.05, 4.69) is 17.2 Å². The lowest BCUT2D eigenvalue weighted by Gasteiger charge is -2.12. The molecule has 5 N–H and O–H groups in total. The third-order valence-corrected chi connectivity index (χ3v) is 2.12. The molecular formula is C11H16N2O5. The van der Waals surface area contributed by atoms with E-state index in [1.54, 1.807) is 6.92 Å². The van der Waals surface area contributed by atoms with Gasteiger partial charge in [0.15, 0.2) is 0 Å². The van der Waals surface area contributed by atoms with Gasteiger partial charge in [0.1, 0.15) is 12.1 Å². The van der Waals surface area contributed by atoms with Crippen molar-refractivity contribution in [3.05, 3.63) is 0 Å². The molecule has 1 amide bonds. The van der Waals surface area contributed by atoms with Gasteiger partial charge in [0.05, 0.1) is 0 Å². The lowest BCUT2D eigenvalue weighted by atomic mass is 10.1. The molecule has 0 spiro atoms. The molecule has 100 valence electrons. The molecule has 0 heterocycles. The fourth-order valence-corrected chi connectivity index (χ4v) is 1.08. The van der Waals surface area contributed by atoms with Crippen LogP contribution in [0.2, 0.25) is 0 Å². The number of hydrogen-bond acceptors (Lipinski definition) is 4. The second-order valence-electron chi connectivity index (χ2n) is 3.57. The summed E-state index contributed by atoms with van der Waals surface area (Å²) in [6, 6.07) is -2.22. The summed E-state index contributed by atoms with van der Waals surface area (Å²) in [4.78, 5) is 32.6. The van der Waals surface area contributed by atoms with Crippen LogP contribution in [0.4, 0.5) is 0 Å². The molecule has 2 atom stereocenters. The second kappa shape index (κ2) is 8.08. The van der Waals surface area contributed by atoms with Crippen LogP contribution in [-0.4, -0.2) is 40.1 Å². The Labute approximate surface area is 104 Å². The smallest absolute Gasteiger partial charge is 0.327 e. The van der Waals surface area contributed by atoms with Crippen LogP contribution in [0.5, 0.6) is 0 Å². The van der Waals surface area contributed by atoms with Gasteiger partial charge >= 0.3 is 11.9 Å². The highest BCUT2D eigenvalue weighted by atomic mass is 16.4. The lowest BCUT2D eigenvalue weighted by Crippen LogP contribution is -2.41. The molecular weight excluding hydrogens is 240 g/mol. The number of carboxylic acids is 2. The predicted molar refractivity (Wildman–Crippen MR) is 62.5 cm³/mol. The Hall–Kier alpha value is -2.07. The summed E-state index contributed by atoms with van der Waals surface area (Å²) in [6.45, 7) is 1.56. The van der Waals surface area contributed by atoms with Crippen LogP contribution in [0.25, 0.3) is 0 Å². The minimum Gasteiger partial charge on any atom is -0.480 e. The zero-order chi connectivity index (χ0) is 14.1. The summed E-state index contributed by atoms with van der Waals surface area (Å²) in [5, 5.41) is 19.6. The summed E-state index contributed by atoms with van der Waals surface area (Å²) in [7, 11) is 0. The first-order chi connectivity index (χ1) is 8.38. The fourth-order valence-electron chi connectivity index (χ4n) is 1.08. The van der Waals surface area contributed by atoms with E-state index in [9.17, 15) is 14.4 Å². The molecule has 0 rings (SSSR count). The summed E-state index contributed by atoms with van der Waals surface area (Å²) in [5.74, 6) is 2.14. The van der Waals surface area contributed by atoms with Crippen molar-refractivity contribution in [2.75, 3.05) is 0 Å². The molecule has 0 aromatic heterocycles. The number of carbonyl (C=O) groups is 3. The molecule has 0 aromatic carbocycles. The SMILES string of the molecule is CC#CCC(NC(=O)CC[C@H](N)C(=O)O)C(=O)O. The molecule has 0 bridgehead atoms. The number of nitrogens with two attached hydrogens (primary N) is 1. The number of carbonyl (C=O) groups excluding carboxylic acids is 1. The minimum absolute atomic E-state index is 0.00254. The molecule has 18 heavy (non-hydrogen) atoms. The summed E-state index contributed by atoms with van der Waals surface area (Å²) >= 11 is 0. The Morgan fingerprint density at radius 1 is 1.28 bits per heavy atom. The van der Waals surface area contributed by atoms with E-state index in [4.69, 9.17) is 15.9 Å². The van der Waals surface area contributed by atoms with Crippen molar-refractivity contribution in [3.63, 3.8) is 0 Å². The van der Waals surface area contributed by atoms with Gasteiger partial charge in [-0.05, 0) is 13.3 Å². The van der Waals surface area contributed by atoms with Gasteiger partial charge in [0.25, 0.3) is 0 Å². The Morgan fingerprint density at radius 2 is 1.89 bits per heavy atom. The maximum absolute atomic E-state index is 11.4. The van der Waals surface area contributed by atoms with Crippen LogP contribution in [-0.2, 0) is 14.4 Å². The van der Waals surface area contributed by atoms with Crippen LogP contribution in [0.3, 0.4) is 0 Å². The van der Waals surface area contributed by atoms with Crippen molar-refractivity contribution in [3.8, 4) is 11.8 Å². The molecule has 7 nitrogen and oxygen atoms in total. The van der Waals surface area contributed by atoms with Crippen molar-refractivity contribution in [1.29, 1.82) is 0 Å². The molecule has 1 unspecified atom stereocenters. The van der Waals surface area contributed by atoms with Gasteiger partial charge in [0, 0.05) is 12.8 Å². The van der Waals surface area contributed by atoms with E-state index in [0.29, 0.717) is 0 Å². The van der Waals surface area contributed by atoms with Crippen LogP contribution < -0.4 is 11.1 Å². The Kier molecular flexibility index (Phi) is 7.15. The molecule has 0 saturated heterocycles. The molecule has 0 aliphatic rings. The maximum atomic E-state index is 11.4. The van der Waals surface area contributed by atoms with Crippen molar-refractivity contribution >= 4 is 17.8 Å². The van der Waals surface area contributed by atoms with Gasteiger partial charge < -0.3 is 21.3 Å². The van der Waals surface area contributed by atoms with Crippen LogP contribution in [0.1, 0.15) is 26.2 Å². The quantitative estimate of drug-likeness (QED) is 0.439. The van der Waals surface area contributed by atoms with E-state index in [1.165, 1.54) is 0 Å². The Balaban J connectivity index is 4.20. The molecule has 0 aliphatic heterocycles. The molecule has 0 saturated carbocycles. The van der Waals surface area contributed by atoms with Crippen LogP contribution in [0.15, 0.2) is 0 Å². The highest BCUT2D eigenvalue weighted by molar-refractivity contribution is 5.84. The topological polar surface area (TPSA) is 130 Å². The van der Waals surface area contributed by atoms with Crippen molar-refractivity contribution in [2.45, 2.75) is 38.3 Å². The van der Waals surface area contributed by atoms with E-state index >= 15 is 0 Å². The van der Waals surface area contributed by atoms with E-state index in [-0.39, 0.29) is 19.3 Å². The first-order valence-electron chi connectivity index (χ1n) is 5.28. The number of aliphatic carboxylic acids is 2. The predicted octanol–water partition coefficient (Wildman–Crippen LogP) is -0.839. The standard InChI is InChI=1S/C11H16N2O5/c1-2-3-4-8(11(17)18)13-9(14)6-5-7(12)10(15)16/h7-8H,4-6,12H2,1H3,(H,13,14)(H,15,16)(H,17,18)/t7-,8?/m0/s1. The first-order valence-corrected chi connectivity index (χ1v) is 5.28. The number of hydrogen-bond donors (Lipinski definition) is 4. The molecule has 0 aromatic rings. The van der Waals surface area contributed by atoms with Crippen LogP contribution in [0, 0.1) is 11.8 Å². The number of carboxylic acid groups (broad SMARTS) is 2. The molecule has 0 radical (unpaired) electrons. The second-order valence-corrected chi connectivity index (χ2v) is 3.57. The fraction of sp³-hybridized carbons (Fsp3) is 0.545. The van der Waals surface area contributed by atoms with Gasteiger partial charge in [-0.15, -0.1) is 11.8 Å². The van der Waals surface area contributed by atoms with Gasteiger partial charge in [-0.1, -0.05) is 0 Å². The average molecular weight is 256 g/mol. The van der Waals surface area contributed by atoms with E-state index in [0.717, 1.165) is 0 Å². The summed E-state index contributed by atoms with van der Waals surface area (Å²) in [6.07, 6.45) is -0.188. The third kappa shape index (κ3) is 6.50. The molecule has 7 heteroatoms. The van der Waals surface area contributed by atoms with E-state index in [1.807, 2.05) is 0 Å². The first kappa shape index (κ1) is 15.9. The summed E-state index contributed by atoms with van der Waals surface area (Å²) < 4.78 is 0. The highest BCUT2D eigenvalue weighted by Gasteiger charge is 2.20. The number of nitrogens with one attached hydrogen (secondary N) is 1. The lowest BCUT2D eigenvalue weighted by molar-refractivity contribution is -0.142. The summed E-state index contributed by atoms with van der Waals surface area (Å²) in [5.41, 5.74) is 5.22. The van der Waals surface area contributed by atoms with Gasteiger partial charge in [0.2, 0.25) is 5.91 Å². The largest absolute Gasteiger partial charge is 0.480 e. The van der Waals surface area contributed by atoms with Crippen molar-refractivity contribution in [2.24, 2.45) is 5.73 Å². The highest BCUT2D eigenvalue weighted by Crippen LogP contribution is 1.98. The third-order valence-electron chi connectivity index (χ3n) is 2.12. The average Bonchev–Trinajstić information content (AvgIpc) is 2.30.